The van der Waals surface area contributed by atoms with Crippen molar-refractivity contribution in [3.05, 3.63) is 64.1 Å². The molecule has 0 spiro atoms. The molecule has 0 atom stereocenters. The quantitative estimate of drug-likeness (QED) is 0.942. The van der Waals surface area contributed by atoms with E-state index in [2.05, 4.69) is 21.2 Å². The van der Waals surface area contributed by atoms with Gasteiger partial charge in [-0.2, -0.15) is 5.26 Å². The van der Waals surface area contributed by atoms with E-state index in [1.807, 2.05) is 30.3 Å². The van der Waals surface area contributed by atoms with E-state index in [-0.39, 0.29) is 12.3 Å². The maximum absolute atomic E-state index is 11.9. The van der Waals surface area contributed by atoms with Crippen molar-refractivity contribution in [3.8, 4) is 6.07 Å². The van der Waals surface area contributed by atoms with Crippen LogP contribution in [0.3, 0.4) is 0 Å². The predicted octanol–water partition coefficient (Wildman–Crippen LogP) is 3.50. The summed E-state index contributed by atoms with van der Waals surface area (Å²) in [5.74, 6) is -0.0865. The van der Waals surface area contributed by atoms with Crippen molar-refractivity contribution in [1.82, 2.24) is 0 Å². The summed E-state index contributed by atoms with van der Waals surface area (Å²) in [6.45, 7) is 0. The van der Waals surface area contributed by atoms with Crippen LogP contribution in [0.25, 0.3) is 0 Å². The summed E-state index contributed by atoms with van der Waals surface area (Å²) in [6.07, 6.45) is 0.285. The fourth-order valence-electron chi connectivity index (χ4n) is 1.64. The third-order valence-electron chi connectivity index (χ3n) is 2.60. The predicted molar refractivity (Wildman–Crippen MR) is 77.6 cm³/mol. The molecule has 0 aliphatic carbocycles. The summed E-state index contributed by atoms with van der Waals surface area (Å²) >= 11 is 3.38. The van der Waals surface area contributed by atoms with Gasteiger partial charge in [-0.1, -0.05) is 24.3 Å². The maximum atomic E-state index is 11.9. The molecule has 0 fully saturated rings. The number of carbonyl (C=O) groups is 1. The zero-order valence-electron chi connectivity index (χ0n) is 10.1. The molecule has 19 heavy (non-hydrogen) atoms. The number of amides is 1. The Bertz CT molecular complexity index is 629. The van der Waals surface area contributed by atoms with E-state index >= 15 is 0 Å². The fraction of sp³-hybridized carbons (Fsp3) is 0.0667. The summed E-state index contributed by atoms with van der Waals surface area (Å²) in [5.41, 5.74) is 2.22. The molecule has 2 aromatic rings. The molecule has 0 bridgehead atoms. The standard InChI is InChI=1S/C15H11BrN2O/c16-13-3-1-2-4-14(13)18-15(19)9-11-5-7-12(10-17)8-6-11/h1-8H,9H2,(H,18,19). The molecule has 2 aromatic carbocycles. The summed E-state index contributed by atoms with van der Waals surface area (Å²) in [6, 6.07) is 16.5. The summed E-state index contributed by atoms with van der Waals surface area (Å²) < 4.78 is 0.850. The lowest BCUT2D eigenvalue weighted by Crippen LogP contribution is -2.14. The Labute approximate surface area is 120 Å². The van der Waals surface area contributed by atoms with Crippen LogP contribution in [0.5, 0.6) is 0 Å². The first-order valence-electron chi connectivity index (χ1n) is 5.72. The molecule has 1 N–H and O–H groups in total. The topological polar surface area (TPSA) is 52.9 Å². The number of nitrogens with one attached hydrogen (secondary N) is 1. The van der Waals surface area contributed by atoms with Crippen LogP contribution in [0.1, 0.15) is 11.1 Å². The normalized spacial score (nSPS) is 9.68. The minimum atomic E-state index is -0.0865. The Hall–Kier alpha value is -2.12. The number of rotatable bonds is 3. The van der Waals surface area contributed by atoms with Gasteiger partial charge in [0.05, 0.1) is 23.7 Å². The van der Waals surface area contributed by atoms with Gasteiger partial charge >= 0.3 is 0 Å². The van der Waals surface area contributed by atoms with Gasteiger partial charge in [0.2, 0.25) is 5.91 Å². The largest absolute Gasteiger partial charge is 0.325 e. The second kappa shape index (κ2) is 6.17. The van der Waals surface area contributed by atoms with Gasteiger partial charge in [0.15, 0.2) is 0 Å². The van der Waals surface area contributed by atoms with Crippen LogP contribution in [-0.4, -0.2) is 5.91 Å². The van der Waals surface area contributed by atoms with Gasteiger partial charge in [0.25, 0.3) is 0 Å². The highest BCUT2D eigenvalue weighted by Gasteiger charge is 2.06. The van der Waals surface area contributed by atoms with Crippen LogP contribution in [0.4, 0.5) is 5.69 Å². The number of para-hydroxylation sites is 1. The second-order valence-electron chi connectivity index (χ2n) is 4.01. The Balaban J connectivity index is 2.01. The maximum Gasteiger partial charge on any atom is 0.228 e. The molecular formula is C15H11BrN2O. The summed E-state index contributed by atoms with van der Waals surface area (Å²) in [4.78, 5) is 11.9. The number of benzene rings is 2. The van der Waals surface area contributed by atoms with E-state index in [1.165, 1.54) is 0 Å². The first-order valence-corrected chi connectivity index (χ1v) is 6.52. The van der Waals surface area contributed by atoms with Gasteiger partial charge in [-0.25, -0.2) is 0 Å². The summed E-state index contributed by atoms with van der Waals surface area (Å²) in [7, 11) is 0. The molecule has 3 nitrogen and oxygen atoms in total. The van der Waals surface area contributed by atoms with Crippen LogP contribution in [-0.2, 0) is 11.2 Å². The number of carbonyl (C=O) groups excluding carboxylic acids is 1. The Morgan fingerprint density at radius 1 is 1.16 bits per heavy atom. The number of nitrogens with zero attached hydrogens (tertiary/aromatic N) is 1. The molecule has 4 heteroatoms. The lowest BCUT2D eigenvalue weighted by atomic mass is 10.1. The molecule has 0 aliphatic heterocycles. The lowest BCUT2D eigenvalue weighted by Gasteiger charge is -2.07. The van der Waals surface area contributed by atoms with Gasteiger partial charge < -0.3 is 5.32 Å². The number of hydrogen-bond donors (Lipinski definition) is 1. The van der Waals surface area contributed by atoms with Gasteiger partial charge in [0.1, 0.15) is 0 Å². The third kappa shape index (κ3) is 3.67. The SMILES string of the molecule is N#Cc1ccc(CC(=O)Nc2ccccc2Br)cc1. The number of anilines is 1. The van der Waals surface area contributed by atoms with E-state index in [9.17, 15) is 4.79 Å². The number of hydrogen-bond acceptors (Lipinski definition) is 2. The monoisotopic (exact) mass is 314 g/mol. The third-order valence-corrected chi connectivity index (χ3v) is 3.29. The molecule has 1 amide bonds. The van der Waals surface area contributed by atoms with Crippen LogP contribution in [0.15, 0.2) is 53.0 Å². The van der Waals surface area contributed by atoms with Crippen LogP contribution >= 0.6 is 15.9 Å². The van der Waals surface area contributed by atoms with E-state index < -0.39 is 0 Å². The fourth-order valence-corrected chi connectivity index (χ4v) is 2.02. The molecule has 0 aromatic heterocycles. The van der Waals surface area contributed by atoms with Gasteiger partial charge in [-0.05, 0) is 45.8 Å². The zero-order chi connectivity index (χ0) is 13.7. The summed E-state index contributed by atoms with van der Waals surface area (Å²) in [5, 5.41) is 11.5. The Kier molecular flexibility index (Phi) is 4.32. The first-order chi connectivity index (χ1) is 9.19. The number of nitriles is 1. The average molecular weight is 315 g/mol. The number of halogens is 1. The van der Waals surface area contributed by atoms with Crippen LogP contribution in [0, 0.1) is 11.3 Å². The molecule has 94 valence electrons. The lowest BCUT2D eigenvalue weighted by molar-refractivity contribution is -0.115. The van der Waals surface area contributed by atoms with Gasteiger partial charge in [-0.3, -0.25) is 4.79 Å². The van der Waals surface area contributed by atoms with Crippen molar-refractivity contribution in [1.29, 1.82) is 5.26 Å². The van der Waals surface area contributed by atoms with Crippen molar-refractivity contribution in [2.45, 2.75) is 6.42 Å². The highest BCUT2D eigenvalue weighted by Crippen LogP contribution is 2.21. The molecule has 0 unspecified atom stereocenters. The van der Waals surface area contributed by atoms with Gasteiger partial charge in [-0.15, -0.1) is 0 Å². The zero-order valence-corrected chi connectivity index (χ0v) is 11.6. The minimum Gasteiger partial charge on any atom is -0.325 e. The first kappa shape index (κ1) is 13.3. The van der Waals surface area contributed by atoms with E-state index in [4.69, 9.17) is 5.26 Å². The van der Waals surface area contributed by atoms with Crippen molar-refractivity contribution in [2.24, 2.45) is 0 Å². The Morgan fingerprint density at radius 3 is 2.47 bits per heavy atom. The Morgan fingerprint density at radius 2 is 1.84 bits per heavy atom. The van der Waals surface area contributed by atoms with E-state index in [0.29, 0.717) is 5.56 Å². The highest BCUT2D eigenvalue weighted by molar-refractivity contribution is 9.10. The molecule has 0 saturated heterocycles. The van der Waals surface area contributed by atoms with Crippen molar-refractivity contribution in [2.75, 3.05) is 5.32 Å². The average Bonchev–Trinajstić information content (AvgIpc) is 2.42. The molecule has 2 rings (SSSR count). The van der Waals surface area contributed by atoms with Crippen LogP contribution in [0.2, 0.25) is 0 Å². The molecule has 0 heterocycles. The van der Waals surface area contributed by atoms with Crippen molar-refractivity contribution < 1.29 is 4.79 Å². The smallest absolute Gasteiger partial charge is 0.228 e. The molecular weight excluding hydrogens is 304 g/mol. The highest BCUT2D eigenvalue weighted by atomic mass is 79.9. The van der Waals surface area contributed by atoms with E-state index in [0.717, 1.165) is 15.7 Å². The minimum absolute atomic E-state index is 0.0865. The van der Waals surface area contributed by atoms with Crippen LogP contribution < -0.4 is 5.32 Å². The van der Waals surface area contributed by atoms with E-state index in [1.54, 1.807) is 24.3 Å². The molecule has 0 radical (unpaired) electrons. The molecule has 0 aliphatic rings. The second-order valence-corrected chi connectivity index (χ2v) is 4.87. The van der Waals surface area contributed by atoms with Crippen molar-refractivity contribution in [3.63, 3.8) is 0 Å². The van der Waals surface area contributed by atoms with Gasteiger partial charge in [0, 0.05) is 4.47 Å². The van der Waals surface area contributed by atoms with Crippen molar-refractivity contribution >= 4 is 27.5 Å². The molecule has 0 saturated carbocycles.